The van der Waals surface area contributed by atoms with Gasteiger partial charge in [-0.2, -0.15) is 0 Å². The summed E-state index contributed by atoms with van der Waals surface area (Å²) in [6, 6.07) is 8.16. The quantitative estimate of drug-likeness (QED) is 0.768. The predicted octanol–water partition coefficient (Wildman–Crippen LogP) is 4.11. The molecule has 100 valence electrons. The molecule has 2 atom stereocenters. The summed E-state index contributed by atoms with van der Waals surface area (Å²) in [6.07, 6.45) is 1.99. The zero-order valence-electron chi connectivity index (χ0n) is 11.3. The van der Waals surface area contributed by atoms with Gasteiger partial charge in [0.05, 0.1) is 11.7 Å². The van der Waals surface area contributed by atoms with Gasteiger partial charge in [0.15, 0.2) is 0 Å². The van der Waals surface area contributed by atoms with E-state index in [0.29, 0.717) is 0 Å². The van der Waals surface area contributed by atoms with Crippen molar-refractivity contribution < 1.29 is 9.47 Å². The molecular weight excluding hydrogens is 248 g/mol. The Labute approximate surface area is 114 Å². The maximum absolute atomic E-state index is 6.25. The van der Waals surface area contributed by atoms with Crippen molar-refractivity contribution in [2.45, 2.75) is 50.7 Å². The first kappa shape index (κ1) is 13.7. The molecule has 1 aromatic carbocycles. The zero-order valence-corrected chi connectivity index (χ0v) is 12.0. The number of rotatable bonds is 3. The summed E-state index contributed by atoms with van der Waals surface area (Å²) in [5.74, 6) is 0.899. The standard InChI is InChI=1S/C15H21ClO2/c1-11(2)18-14-6-4-12(5-7-14)15(3)10-13(16)8-9-17-15/h4-7,11,13H,8-10H2,1-3H3. The van der Waals surface area contributed by atoms with Crippen LogP contribution in [-0.2, 0) is 10.3 Å². The number of benzene rings is 1. The lowest BCUT2D eigenvalue weighted by Gasteiger charge is -2.36. The normalized spacial score (nSPS) is 28.4. The average Bonchev–Trinajstić information content (AvgIpc) is 2.28. The Morgan fingerprint density at radius 3 is 2.56 bits per heavy atom. The lowest BCUT2D eigenvalue weighted by molar-refractivity contribution is -0.0684. The smallest absolute Gasteiger partial charge is 0.119 e. The minimum atomic E-state index is -0.263. The van der Waals surface area contributed by atoms with Gasteiger partial charge in [0.25, 0.3) is 0 Å². The van der Waals surface area contributed by atoms with Crippen molar-refractivity contribution in [2.75, 3.05) is 6.61 Å². The van der Waals surface area contributed by atoms with Crippen LogP contribution in [0.3, 0.4) is 0 Å². The first-order valence-corrected chi connectivity index (χ1v) is 6.98. The molecule has 2 unspecified atom stereocenters. The molecule has 2 nitrogen and oxygen atoms in total. The number of hydrogen-bond donors (Lipinski definition) is 0. The van der Waals surface area contributed by atoms with Gasteiger partial charge in [-0.3, -0.25) is 0 Å². The molecule has 0 aromatic heterocycles. The third-order valence-electron chi connectivity index (χ3n) is 3.30. The van der Waals surface area contributed by atoms with Gasteiger partial charge in [-0.15, -0.1) is 11.6 Å². The van der Waals surface area contributed by atoms with Gasteiger partial charge in [-0.1, -0.05) is 12.1 Å². The fourth-order valence-electron chi connectivity index (χ4n) is 2.36. The molecule has 18 heavy (non-hydrogen) atoms. The Balaban J connectivity index is 2.13. The third kappa shape index (κ3) is 3.18. The maximum atomic E-state index is 6.25. The van der Waals surface area contributed by atoms with Crippen molar-refractivity contribution in [3.8, 4) is 5.75 Å². The van der Waals surface area contributed by atoms with E-state index in [1.165, 1.54) is 5.56 Å². The Hall–Kier alpha value is -0.730. The first-order valence-electron chi connectivity index (χ1n) is 6.55. The van der Waals surface area contributed by atoms with E-state index >= 15 is 0 Å². The summed E-state index contributed by atoms with van der Waals surface area (Å²) in [4.78, 5) is 0. The number of alkyl halides is 1. The van der Waals surface area contributed by atoms with E-state index in [9.17, 15) is 0 Å². The summed E-state index contributed by atoms with van der Waals surface area (Å²) >= 11 is 6.25. The summed E-state index contributed by atoms with van der Waals surface area (Å²) in [5.41, 5.74) is 0.907. The lowest BCUT2D eigenvalue weighted by atomic mass is 9.88. The fourth-order valence-corrected chi connectivity index (χ4v) is 2.74. The van der Waals surface area contributed by atoms with Gasteiger partial charge in [0.1, 0.15) is 5.75 Å². The van der Waals surface area contributed by atoms with Gasteiger partial charge in [0, 0.05) is 12.0 Å². The summed E-state index contributed by atoms with van der Waals surface area (Å²) < 4.78 is 11.6. The number of ether oxygens (including phenoxy) is 2. The lowest BCUT2D eigenvalue weighted by Crippen LogP contribution is -2.35. The molecule has 1 aliphatic heterocycles. The predicted molar refractivity (Wildman–Crippen MR) is 74.4 cm³/mol. The molecule has 1 aromatic rings. The SMILES string of the molecule is CC(C)Oc1ccc(C2(C)CC(Cl)CCO2)cc1. The minimum Gasteiger partial charge on any atom is -0.491 e. The van der Waals surface area contributed by atoms with Gasteiger partial charge in [-0.25, -0.2) is 0 Å². The van der Waals surface area contributed by atoms with E-state index in [1.807, 2.05) is 26.0 Å². The van der Waals surface area contributed by atoms with Crippen molar-refractivity contribution in [3.63, 3.8) is 0 Å². The summed E-state index contributed by atoms with van der Waals surface area (Å²) in [5, 5.41) is 0.204. The highest BCUT2D eigenvalue weighted by atomic mass is 35.5. The second kappa shape index (κ2) is 5.50. The second-order valence-corrected chi connectivity index (χ2v) is 5.98. The minimum absolute atomic E-state index is 0.199. The van der Waals surface area contributed by atoms with Crippen LogP contribution in [0.15, 0.2) is 24.3 Å². The molecule has 0 radical (unpaired) electrons. The Kier molecular flexibility index (Phi) is 4.18. The number of hydrogen-bond acceptors (Lipinski definition) is 2. The molecule has 0 N–H and O–H groups in total. The van der Waals surface area contributed by atoms with Crippen LogP contribution in [0, 0.1) is 0 Å². The van der Waals surface area contributed by atoms with Gasteiger partial charge >= 0.3 is 0 Å². The monoisotopic (exact) mass is 268 g/mol. The molecule has 0 aliphatic carbocycles. The Bertz CT molecular complexity index is 388. The molecule has 0 spiro atoms. The van der Waals surface area contributed by atoms with Gasteiger partial charge < -0.3 is 9.47 Å². The van der Waals surface area contributed by atoms with Crippen LogP contribution in [-0.4, -0.2) is 18.1 Å². The van der Waals surface area contributed by atoms with Crippen LogP contribution >= 0.6 is 11.6 Å². The van der Waals surface area contributed by atoms with Crippen LogP contribution in [0.25, 0.3) is 0 Å². The summed E-state index contributed by atoms with van der Waals surface area (Å²) in [6.45, 7) is 6.89. The molecule has 0 amide bonds. The second-order valence-electron chi connectivity index (χ2n) is 5.36. The van der Waals surface area contributed by atoms with Crippen LogP contribution < -0.4 is 4.74 Å². The van der Waals surface area contributed by atoms with Crippen molar-refractivity contribution in [1.29, 1.82) is 0 Å². The van der Waals surface area contributed by atoms with Crippen LogP contribution in [0.4, 0.5) is 0 Å². The molecule has 0 bridgehead atoms. The van der Waals surface area contributed by atoms with Crippen molar-refractivity contribution in [3.05, 3.63) is 29.8 Å². The number of halogens is 1. The van der Waals surface area contributed by atoms with Crippen LogP contribution in [0.2, 0.25) is 0 Å². The average molecular weight is 269 g/mol. The van der Waals surface area contributed by atoms with E-state index in [1.54, 1.807) is 0 Å². The van der Waals surface area contributed by atoms with E-state index in [0.717, 1.165) is 25.2 Å². The molecule has 1 fully saturated rings. The van der Waals surface area contributed by atoms with E-state index in [-0.39, 0.29) is 17.1 Å². The highest BCUT2D eigenvalue weighted by Gasteiger charge is 2.34. The maximum Gasteiger partial charge on any atom is 0.119 e. The molecule has 1 heterocycles. The molecular formula is C15H21ClO2. The van der Waals surface area contributed by atoms with E-state index < -0.39 is 0 Å². The van der Waals surface area contributed by atoms with Gasteiger partial charge in [0.2, 0.25) is 0 Å². The van der Waals surface area contributed by atoms with Gasteiger partial charge in [-0.05, 0) is 51.3 Å². The van der Waals surface area contributed by atoms with Crippen molar-refractivity contribution in [2.24, 2.45) is 0 Å². The van der Waals surface area contributed by atoms with Crippen molar-refractivity contribution in [1.82, 2.24) is 0 Å². The molecule has 1 aliphatic rings. The largest absolute Gasteiger partial charge is 0.491 e. The van der Waals surface area contributed by atoms with Crippen LogP contribution in [0.5, 0.6) is 5.75 Å². The summed E-state index contributed by atoms with van der Waals surface area (Å²) in [7, 11) is 0. The highest BCUT2D eigenvalue weighted by molar-refractivity contribution is 6.20. The fraction of sp³-hybridized carbons (Fsp3) is 0.600. The molecule has 2 rings (SSSR count). The highest BCUT2D eigenvalue weighted by Crippen LogP contribution is 2.37. The molecule has 1 saturated heterocycles. The van der Waals surface area contributed by atoms with E-state index in [4.69, 9.17) is 21.1 Å². The van der Waals surface area contributed by atoms with Crippen molar-refractivity contribution >= 4 is 11.6 Å². The molecule has 0 saturated carbocycles. The zero-order chi connectivity index (χ0) is 13.2. The Morgan fingerprint density at radius 1 is 1.33 bits per heavy atom. The third-order valence-corrected chi connectivity index (χ3v) is 3.67. The first-order chi connectivity index (χ1) is 8.49. The molecule has 3 heteroatoms. The topological polar surface area (TPSA) is 18.5 Å². The van der Waals surface area contributed by atoms with Crippen LogP contribution in [0.1, 0.15) is 39.2 Å². The van der Waals surface area contributed by atoms with E-state index in [2.05, 4.69) is 19.1 Å². The Morgan fingerprint density at radius 2 is 2.00 bits per heavy atom.